The Morgan fingerprint density at radius 2 is 2.23 bits per heavy atom. The predicted molar refractivity (Wildman–Crippen MR) is 50.6 cm³/mol. The monoisotopic (exact) mass is 175 g/mol. The Labute approximate surface area is 75.5 Å². The van der Waals surface area contributed by atoms with E-state index in [2.05, 4.69) is 0 Å². The Morgan fingerprint density at radius 3 is 2.92 bits per heavy atom. The summed E-state index contributed by atoms with van der Waals surface area (Å²) in [6.07, 6.45) is 2.50. The molecule has 2 rings (SSSR count). The molecule has 0 atom stereocenters. The Balaban J connectivity index is 2.79. The first-order valence-electron chi connectivity index (χ1n) is 3.95. The van der Waals surface area contributed by atoms with Gasteiger partial charge in [-0.25, -0.2) is 0 Å². The van der Waals surface area contributed by atoms with Crippen molar-refractivity contribution in [2.24, 2.45) is 0 Å². The van der Waals surface area contributed by atoms with Gasteiger partial charge in [0, 0.05) is 11.6 Å². The molecule has 0 bridgehead atoms. The molecule has 3 nitrogen and oxygen atoms in total. The van der Waals surface area contributed by atoms with Gasteiger partial charge < -0.3 is 4.74 Å². The standard InChI is InChI=1S/C10H9NO2/c1-13-10-4-2-3-9-8(10)5-6-11(9)7-12/h2-7H,1H3. The molecule has 1 heterocycles. The third-order valence-electron chi connectivity index (χ3n) is 2.06. The number of carbonyl (C=O) groups is 1. The zero-order valence-electron chi connectivity index (χ0n) is 7.23. The van der Waals surface area contributed by atoms with Crippen LogP contribution >= 0.6 is 0 Å². The number of hydrogen-bond donors (Lipinski definition) is 0. The fourth-order valence-corrected chi connectivity index (χ4v) is 1.43. The summed E-state index contributed by atoms with van der Waals surface area (Å²) in [6, 6.07) is 7.48. The topological polar surface area (TPSA) is 31.2 Å². The summed E-state index contributed by atoms with van der Waals surface area (Å²) in [5.41, 5.74) is 0.870. The summed E-state index contributed by atoms with van der Waals surface area (Å²) in [5, 5.41) is 0.956. The first-order chi connectivity index (χ1) is 6.36. The summed E-state index contributed by atoms with van der Waals surface area (Å²) in [5.74, 6) is 0.790. The van der Waals surface area contributed by atoms with Crippen LogP contribution in [0.2, 0.25) is 0 Å². The molecule has 3 heteroatoms. The van der Waals surface area contributed by atoms with Gasteiger partial charge in [0.25, 0.3) is 0 Å². The second-order valence-electron chi connectivity index (χ2n) is 2.72. The van der Waals surface area contributed by atoms with E-state index < -0.39 is 0 Å². The molecule has 0 aliphatic rings. The Bertz CT molecular complexity index is 445. The molecule has 1 aromatic heterocycles. The number of carbonyl (C=O) groups excluding carboxylic acids is 1. The van der Waals surface area contributed by atoms with Crippen molar-refractivity contribution < 1.29 is 9.53 Å². The van der Waals surface area contributed by atoms with Gasteiger partial charge in [-0.15, -0.1) is 0 Å². The van der Waals surface area contributed by atoms with Gasteiger partial charge in [0.15, 0.2) is 0 Å². The molecule has 13 heavy (non-hydrogen) atoms. The van der Waals surface area contributed by atoms with Crippen LogP contribution in [-0.4, -0.2) is 18.1 Å². The molecule has 0 unspecified atom stereocenters. The third-order valence-corrected chi connectivity index (χ3v) is 2.06. The van der Waals surface area contributed by atoms with Crippen molar-refractivity contribution in [3.8, 4) is 5.75 Å². The molecule has 0 amide bonds. The average Bonchev–Trinajstić information content (AvgIpc) is 2.60. The molecule has 0 N–H and O–H groups in total. The van der Waals surface area contributed by atoms with Crippen LogP contribution in [0.15, 0.2) is 30.5 Å². The van der Waals surface area contributed by atoms with Gasteiger partial charge in [-0.2, -0.15) is 0 Å². The largest absolute Gasteiger partial charge is 0.496 e. The minimum absolute atomic E-state index is 0.780. The minimum Gasteiger partial charge on any atom is -0.496 e. The maximum absolute atomic E-state index is 10.6. The molecule has 0 fully saturated rings. The SMILES string of the molecule is COc1cccc2c1ccn2C=O. The van der Waals surface area contributed by atoms with Crippen molar-refractivity contribution in [3.05, 3.63) is 30.5 Å². The number of fused-ring (bicyclic) bond motifs is 1. The van der Waals surface area contributed by atoms with Crippen molar-refractivity contribution in [2.75, 3.05) is 7.11 Å². The lowest BCUT2D eigenvalue weighted by molar-refractivity contribution is 0.420. The quantitative estimate of drug-likeness (QED) is 0.650. The minimum atomic E-state index is 0.780. The van der Waals surface area contributed by atoms with Crippen molar-refractivity contribution in [3.63, 3.8) is 0 Å². The number of rotatable bonds is 2. The lowest BCUT2D eigenvalue weighted by Gasteiger charge is -2.00. The van der Waals surface area contributed by atoms with Gasteiger partial charge >= 0.3 is 0 Å². The molecule has 66 valence electrons. The van der Waals surface area contributed by atoms with Crippen LogP contribution in [0, 0.1) is 0 Å². The molecule has 0 spiro atoms. The maximum atomic E-state index is 10.6. The molecule has 1 aromatic carbocycles. The highest BCUT2D eigenvalue weighted by Crippen LogP contribution is 2.25. The highest BCUT2D eigenvalue weighted by Gasteiger charge is 2.03. The van der Waals surface area contributed by atoms with Crippen LogP contribution in [0.1, 0.15) is 0 Å². The first kappa shape index (κ1) is 7.86. The highest BCUT2D eigenvalue weighted by atomic mass is 16.5. The van der Waals surface area contributed by atoms with E-state index in [0.29, 0.717) is 0 Å². The number of aromatic nitrogens is 1. The Kier molecular flexibility index (Phi) is 1.77. The number of nitrogens with zero attached hydrogens (tertiary/aromatic N) is 1. The van der Waals surface area contributed by atoms with Gasteiger partial charge in [-0.05, 0) is 18.2 Å². The summed E-state index contributed by atoms with van der Waals surface area (Å²) >= 11 is 0. The molecule has 2 aromatic rings. The zero-order valence-corrected chi connectivity index (χ0v) is 7.23. The van der Waals surface area contributed by atoms with E-state index in [1.54, 1.807) is 13.3 Å². The van der Waals surface area contributed by atoms with Gasteiger partial charge in [0.05, 0.1) is 12.6 Å². The second kappa shape index (κ2) is 2.94. The Hall–Kier alpha value is -1.77. The Morgan fingerprint density at radius 1 is 1.38 bits per heavy atom. The lowest BCUT2D eigenvalue weighted by Crippen LogP contribution is -1.91. The van der Waals surface area contributed by atoms with Crippen LogP contribution in [0.3, 0.4) is 0 Å². The van der Waals surface area contributed by atoms with Gasteiger partial charge in [0.1, 0.15) is 5.75 Å². The van der Waals surface area contributed by atoms with Gasteiger partial charge in [0.2, 0.25) is 6.41 Å². The average molecular weight is 175 g/mol. The summed E-state index contributed by atoms with van der Waals surface area (Å²) in [7, 11) is 1.62. The van der Waals surface area contributed by atoms with Gasteiger partial charge in [-0.1, -0.05) is 6.07 Å². The second-order valence-corrected chi connectivity index (χ2v) is 2.72. The molecular weight excluding hydrogens is 166 g/mol. The number of methoxy groups -OCH3 is 1. The van der Waals surface area contributed by atoms with E-state index in [0.717, 1.165) is 23.1 Å². The lowest BCUT2D eigenvalue weighted by atomic mass is 10.2. The van der Waals surface area contributed by atoms with Crippen LogP contribution in [0.25, 0.3) is 10.9 Å². The zero-order chi connectivity index (χ0) is 9.26. The smallest absolute Gasteiger partial charge is 0.218 e. The summed E-state index contributed by atoms with van der Waals surface area (Å²) in [6.45, 7) is 0. The van der Waals surface area contributed by atoms with Crippen LogP contribution in [0.5, 0.6) is 5.75 Å². The van der Waals surface area contributed by atoms with Gasteiger partial charge in [-0.3, -0.25) is 9.36 Å². The van der Waals surface area contributed by atoms with E-state index >= 15 is 0 Å². The van der Waals surface area contributed by atoms with Crippen LogP contribution < -0.4 is 4.74 Å². The van der Waals surface area contributed by atoms with E-state index in [1.807, 2.05) is 24.3 Å². The molecule has 0 aliphatic heterocycles. The highest BCUT2D eigenvalue weighted by molar-refractivity contribution is 5.90. The molecule has 0 radical (unpaired) electrons. The van der Waals surface area contributed by atoms with Crippen molar-refractivity contribution in [2.45, 2.75) is 0 Å². The van der Waals surface area contributed by atoms with E-state index in [1.165, 1.54) is 4.57 Å². The predicted octanol–water partition coefficient (Wildman–Crippen LogP) is 1.69. The van der Waals surface area contributed by atoms with Crippen molar-refractivity contribution in [1.82, 2.24) is 4.57 Å². The number of ether oxygens (including phenoxy) is 1. The fraction of sp³-hybridized carbons (Fsp3) is 0.100. The first-order valence-corrected chi connectivity index (χ1v) is 3.95. The molecule has 0 saturated carbocycles. The summed E-state index contributed by atoms with van der Waals surface area (Å²) < 4.78 is 6.68. The number of benzene rings is 1. The molecular formula is C10H9NO2. The fourth-order valence-electron chi connectivity index (χ4n) is 1.43. The van der Waals surface area contributed by atoms with E-state index in [9.17, 15) is 4.79 Å². The molecule has 0 saturated heterocycles. The maximum Gasteiger partial charge on any atom is 0.218 e. The van der Waals surface area contributed by atoms with E-state index in [4.69, 9.17) is 4.74 Å². The molecule has 0 aliphatic carbocycles. The third kappa shape index (κ3) is 1.09. The van der Waals surface area contributed by atoms with Crippen molar-refractivity contribution >= 4 is 17.3 Å². The van der Waals surface area contributed by atoms with Crippen molar-refractivity contribution in [1.29, 1.82) is 0 Å². The normalized spacial score (nSPS) is 10.2. The van der Waals surface area contributed by atoms with E-state index in [-0.39, 0.29) is 0 Å². The van der Waals surface area contributed by atoms with Crippen LogP contribution in [-0.2, 0) is 4.79 Å². The van der Waals surface area contributed by atoms with Crippen LogP contribution in [0.4, 0.5) is 0 Å². The number of hydrogen-bond acceptors (Lipinski definition) is 2. The summed E-state index contributed by atoms with van der Waals surface area (Å²) in [4.78, 5) is 10.6.